The lowest BCUT2D eigenvalue weighted by Crippen LogP contribution is -2.66. The average Bonchev–Trinajstić information content (AvgIpc) is 2.83. The first-order chi connectivity index (χ1) is 16.0. The predicted molar refractivity (Wildman–Crippen MR) is 101 cm³/mol. The Hall–Kier alpha value is -0.640. The summed E-state index contributed by atoms with van der Waals surface area (Å²) < 4.78 is 26.4. The predicted octanol–water partition coefficient (Wildman–Crippen LogP) is -7.57. The fourth-order valence-electron chi connectivity index (χ4n) is 4.06. The highest BCUT2D eigenvalue weighted by molar-refractivity contribution is 4.96. The normalized spacial score (nSPS) is 52.5. The van der Waals surface area contributed by atoms with Crippen molar-refractivity contribution in [2.75, 3.05) is 19.8 Å². The summed E-state index contributed by atoms with van der Waals surface area (Å²) in [7, 11) is 0. The molecular formula is C18H32O16. The smallest absolute Gasteiger partial charge is 0.187 e. The number of hydrogen-bond donors (Lipinski definition) is 11. The van der Waals surface area contributed by atoms with Gasteiger partial charge < -0.3 is 79.9 Å². The van der Waals surface area contributed by atoms with Crippen LogP contribution in [-0.4, -0.2) is 168 Å². The second kappa shape index (κ2) is 11.6. The summed E-state index contributed by atoms with van der Waals surface area (Å²) in [6, 6.07) is 0. The molecule has 0 radical (unpaired) electrons. The summed E-state index contributed by atoms with van der Waals surface area (Å²) >= 11 is 0. The average molecular weight is 504 g/mol. The van der Waals surface area contributed by atoms with Crippen molar-refractivity contribution >= 4 is 0 Å². The summed E-state index contributed by atoms with van der Waals surface area (Å²) in [6.07, 6.45) is -25.1. The molecule has 11 N–H and O–H groups in total. The van der Waals surface area contributed by atoms with E-state index in [1.165, 1.54) is 0 Å². The first-order valence-electron chi connectivity index (χ1n) is 10.6. The van der Waals surface area contributed by atoms with Crippen LogP contribution in [0.2, 0.25) is 0 Å². The van der Waals surface area contributed by atoms with Crippen molar-refractivity contribution in [1.82, 2.24) is 0 Å². The van der Waals surface area contributed by atoms with Crippen LogP contribution in [0, 0.1) is 0 Å². The number of hydrogen-bond acceptors (Lipinski definition) is 16. The van der Waals surface area contributed by atoms with Gasteiger partial charge in [0.2, 0.25) is 0 Å². The molecule has 3 heterocycles. The van der Waals surface area contributed by atoms with Crippen molar-refractivity contribution in [3.05, 3.63) is 0 Å². The number of aliphatic hydroxyl groups excluding tert-OH is 11. The van der Waals surface area contributed by atoms with Crippen molar-refractivity contribution in [2.45, 2.75) is 92.1 Å². The third-order valence-electron chi connectivity index (χ3n) is 6.09. The van der Waals surface area contributed by atoms with E-state index in [1.54, 1.807) is 0 Å². The molecule has 0 aliphatic carbocycles. The first-order valence-corrected chi connectivity index (χ1v) is 10.6. The van der Waals surface area contributed by atoms with Gasteiger partial charge in [-0.05, 0) is 0 Å². The molecular weight excluding hydrogens is 472 g/mol. The lowest BCUT2D eigenvalue weighted by atomic mass is 9.96. The minimum atomic E-state index is -1.91. The van der Waals surface area contributed by atoms with E-state index in [4.69, 9.17) is 23.7 Å². The van der Waals surface area contributed by atoms with E-state index in [2.05, 4.69) is 0 Å². The van der Waals surface area contributed by atoms with Gasteiger partial charge in [-0.1, -0.05) is 0 Å². The van der Waals surface area contributed by atoms with Crippen molar-refractivity contribution in [1.29, 1.82) is 0 Å². The van der Waals surface area contributed by atoms with E-state index in [9.17, 15) is 56.2 Å². The molecule has 200 valence electrons. The zero-order chi connectivity index (χ0) is 25.3. The molecule has 6 unspecified atom stereocenters. The highest BCUT2D eigenvalue weighted by atomic mass is 16.8. The van der Waals surface area contributed by atoms with Gasteiger partial charge in [0, 0.05) is 0 Å². The molecule has 0 aromatic carbocycles. The van der Waals surface area contributed by atoms with Crippen LogP contribution >= 0.6 is 0 Å². The Morgan fingerprint density at radius 3 is 1.35 bits per heavy atom. The molecule has 16 nitrogen and oxygen atoms in total. The Kier molecular flexibility index (Phi) is 9.54. The highest BCUT2D eigenvalue weighted by Gasteiger charge is 2.53. The molecule has 0 bridgehead atoms. The van der Waals surface area contributed by atoms with Crippen molar-refractivity contribution in [3.63, 3.8) is 0 Å². The van der Waals surface area contributed by atoms with E-state index in [-0.39, 0.29) is 0 Å². The summed E-state index contributed by atoms with van der Waals surface area (Å²) in [4.78, 5) is 0. The summed E-state index contributed by atoms with van der Waals surface area (Å²) in [6.45, 7) is -2.32. The number of aliphatic hydroxyl groups is 11. The molecule has 15 atom stereocenters. The maximum atomic E-state index is 10.6. The molecule has 3 rings (SSSR count). The lowest BCUT2D eigenvalue weighted by molar-refractivity contribution is -0.377. The van der Waals surface area contributed by atoms with E-state index in [0.717, 1.165) is 0 Å². The molecule has 3 saturated heterocycles. The van der Waals surface area contributed by atoms with Crippen LogP contribution in [0.4, 0.5) is 0 Å². The Labute approximate surface area is 192 Å². The highest BCUT2D eigenvalue weighted by Crippen LogP contribution is 2.32. The van der Waals surface area contributed by atoms with Gasteiger partial charge in [0.15, 0.2) is 18.9 Å². The van der Waals surface area contributed by atoms with E-state index >= 15 is 0 Å². The fourth-order valence-corrected chi connectivity index (χ4v) is 4.06. The lowest BCUT2D eigenvalue weighted by Gasteiger charge is -2.47. The SMILES string of the molecule is OCC1O[C@@H](O[C@@H]2C(CO)O[C@H](O[C@H]3C(CO)O[C@H](O)C(O)[C@H]3O)C(O)[C@H]2O)[C@@H](O)C(O)[C@@H]1O. The molecule has 16 heteroatoms. The molecule has 0 saturated carbocycles. The molecule has 3 aliphatic heterocycles. The summed E-state index contributed by atoms with van der Waals surface area (Å²) in [5, 5.41) is 109. The van der Waals surface area contributed by atoms with Crippen LogP contribution in [0.25, 0.3) is 0 Å². The van der Waals surface area contributed by atoms with Gasteiger partial charge in [-0.2, -0.15) is 0 Å². The fraction of sp³-hybridized carbons (Fsp3) is 1.00. The molecule has 0 amide bonds. The standard InChI is InChI=1S/C18H32O16/c19-1-4-7(22)8(23)12(27)17(31-4)34-15-6(3-21)32-18(13(28)10(15)25)33-14-5(2-20)30-16(29)11(26)9(14)24/h4-29H,1-3H2/t4?,5?,6?,7-,8?,9-,10-,11?,12+,13?,14+,15-,16+,17+,18-/m1/s1. The summed E-state index contributed by atoms with van der Waals surface area (Å²) in [5.41, 5.74) is 0. The van der Waals surface area contributed by atoms with Crippen LogP contribution in [0.3, 0.4) is 0 Å². The zero-order valence-corrected chi connectivity index (χ0v) is 17.7. The van der Waals surface area contributed by atoms with Crippen LogP contribution < -0.4 is 0 Å². The Balaban J connectivity index is 1.72. The second-order valence-electron chi connectivity index (χ2n) is 8.33. The maximum absolute atomic E-state index is 10.6. The van der Waals surface area contributed by atoms with Gasteiger partial charge in [-0.15, -0.1) is 0 Å². The van der Waals surface area contributed by atoms with Crippen LogP contribution in [-0.2, 0) is 23.7 Å². The van der Waals surface area contributed by atoms with Gasteiger partial charge in [0.05, 0.1) is 19.8 Å². The Morgan fingerprint density at radius 1 is 0.441 bits per heavy atom. The topological polar surface area (TPSA) is 269 Å². The molecule has 0 spiro atoms. The van der Waals surface area contributed by atoms with E-state index in [1.807, 2.05) is 0 Å². The zero-order valence-electron chi connectivity index (χ0n) is 17.7. The Bertz CT molecular complexity index is 635. The van der Waals surface area contributed by atoms with Crippen molar-refractivity contribution in [2.24, 2.45) is 0 Å². The van der Waals surface area contributed by atoms with Crippen LogP contribution in [0.15, 0.2) is 0 Å². The third kappa shape index (κ3) is 5.37. The van der Waals surface area contributed by atoms with Crippen LogP contribution in [0.5, 0.6) is 0 Å². The minimum Gasteiger partial charge on any atom is -0.394 e. The van der Waals surface area contributed by atoms with Gasteiger partial charge in [-0.25, -0.2) is 0 Å². The minimum absolute atomic E-state index is 0.741. The quantitative estimate of drug-likeness (QED) is 0.154. The van der Waals surface area contributed by atoms with E-state index < -0.39 is 112 Å². The third-order valence-corrected chi connectivity index (χ3v) is 6.09. The van der Waals surface area contributed by atoms with Gasteiger partial charge >= 0.3 is 0 Å². The number of rotatable bonds is 7. The number of ether oxygens (including phenoxy) is 5. The van der Waals surface area contributed by atoms with Gasteiger partial charge in [0.1, 0.15) is 73.2 Å². The van der Waals surface area contributed by atoms with Crippen molar-refractivity contribution < 1.29 is 79.9 Å². The summed E-state index contributed by atoms with van der Waals surface area (Å²) in [5.74, 6) is 0. The molecule has 3 aliphatic rings. The molecule has 3 fully saturated rings. The second-order valence-corrected chi connectivity index (χ2v) is 8.33. The van der Waals surface area contributed by atoms with E-state index in [0.29, 0.717) is 0 Å². The van der Waals surface area contributed by atoms with Crippen molar-refractivity contribution in [3.8, 4) is 0 Å². The van der Waals surface area contributed by atoms with Crippen LogP contribution in [0.1, 0.15) is 0 Å². The molecule has 0 aromatic heterocycles. The van der Waals surface area contributed by atoms with Gasteiger partial charge in [0.25, 0.3) is 0 Å². The maximum Gasteiger partial charge on any atom is 0.187 e. The largest absolute Gasteiger partial charge is 0.394 e. The van der Waals surface area contributed by atoms with Gasteiger partial charge in [-0.3, -0.25) is 0 Å². The molecule has 0 aromatic rings. The first kappa shape index (κ1) is 27.9. The monoisotopic (exact) mass is 504 g/mol. The Morgan fingerprint density at radius 2 is 0.853 bits per heavy atom. The molecule has 34 heavy (non-hydrogen) atoms.